The maximum Gasteiger partial charge on any atom is 0.434 e. The molecule has 5 atom stereocenters. The first-order valence-electron chi connectivity index (χ1n) is 10.3. The van der Waals surface area contributed by atoms with Gasteiger partial charge in [-0.3, -0.25) is 0 Å². The van der Waals surface area contributed by atoms with E-state index in [1.165, 1.54) is 27.2 Å². The van der Waals surface area contributed by atoms with E-state index < -0.39 is 61.8 Å². The molecule has 0 unspecified atom stereocenters. The van der Waals surface area contributed by atoms with Crippen molar-refractivity contribution in [2.45, 2.75) is 50.4 Å². The number of alkyl halides is 3. The molecule has 0 spiro atoms. The van der Waals surface area contributed by atoms with Crippen LogP contribution < -0.4 is 9.47 Å². The van der Waals surface area contributed by atoms with Crippen LogP contribution in [0.3, 0.4) is 0 Å². The maximum absolute atomic E-state index is 13.2. The molecule has 2 aromatic rings. The molecule has 3 N–H and O–H groups in total. The van der Waals surface area contributed by atoms with Crippen molar-refractivity contribution in [2.24, 2.45) is 0 Å². The fraction of sp³-hybridized carbons (Fsp3) is 0.524. The fourth-order valence-electron chi connectivity index (χ4n) is 3.46. The maximum atomic E-state index is 13.2. The average molecular weight is 558 g/mol. The zero-order valence-corrected chi connectivity index (χ0v) is 20.7. The standard InChI is InChI=1S/C21H23ClF3NO9S/c1-8-26-18(21(23,24)25)14(36-8)7-33-12-5-11(31-2)9(4-10(12)22)19(30)35-17-16(29)15(28)13(6-27)34-20(17)32-3/h4-5,13,15-17,20,27-29H,6-7H2,1-3H3/t13-,15-,16+,17-,20+/m1/s1. The number of aromatic nitrogens is 1. The molecular formula is C21H23ClF3NO9S. The fourth-order valence-corrected chi connectivity index (χ4v) is 4.55. The SMILES string of the molecule is COc1cc(OCc2sc(C)nc2C(F)(F)F)c(Cl)cc1C(=O)O[C@H]1[C@@H](OC)O[C@H](CO)[C@@H](O)[C@@H]1O. The van der Waals surface area contributed by atoms with Gasteiger partial charge < -0.3 is 39.0 Å². The average Bonchev–Trinajstić information content (AvgIpc) is 3.22. The first-order chi connectivity index (χ1) is 16.9. The molecule has 0 amide bonds. The second-order valence-corrected chi connectivity index (χ2v) is 9.28. The minimum Gasteiger partial charge on any atom is -0.496 e. The molecule has 1 aromatic heterocycles. The van der Waals surface area contributed by atoms with Gasteiger partial charge in [0.15, 0.2) is 18.1 Å². The van der Waals surface area contributed by atoms with E-state index in [2.05, 4.69) is 4.98 Å². The predicted molar refractivity (Wildman–Crippen MR) is 118 cm³/mol. The van der Waals surface area contributed by atoms with Crippen LogP contribution in [0, 0.1) is 6.92 Å². The van der Waals surface area contributed by atoms with Crippen LogP contribution in [0.2, 0.25) is 5.02 Å². The number of methoxy groups -OCH3 is 2. The van der Waals surface area contributed by atoms with Gasteiger partial charge in [-0.1, -0.05) is 11.6 Å². The monoisotopic (exact) mass is 557 g/mol. The van der Waals surface area contributed by atoms with Crippen LogP contribution in [-0.4, -0.2) is 77.8 Å². The largest absolute Gasteiger partial charge is 0.496 e. The number of aryl methyl sites for hydroxylation is 1. The number of rotatable bonds is 8. The summed E-state index contributed by atoms with van der Waals surface area (Å²) in [5.41, 5.74) is -1.26. The third-order valence-electron chi connectivity index (χ3n) is 5.21. The smallest absolute Gasteiger partial charge is 0.434 e. The van der Waals surface area contributed by atoms with Crippen LogP contribution in [-0.2, 0) is 27.0 Å². The Kier molecular flexibility index (Phi) is 9.03. The molecular weight excluding hydrogens is 535 g/mol. The van der Waals surface area contributed by atoms with Crippen molar-refractivity contribution < 1.29 is 57.0 Å². The molecule has 3 rings (SSSR count). The highest BCUT2D eigenvalue weighted by Gasteiger charge is 2.47. The molecule has 1 aromatic carbocycles. The van der Waals surface area contributed by atoms with Crippen LogP contribution in [0.25, 0.3) is 0 Å². The lowest BCUT2D eigenvalue weighted by Crippen LogP contribution is -2.60. The zero-order valence-electron chi connectivity index (χ0n) is 19.1. The van der Waals surface area contributed by atoms with E-state index >= 15 is 0 Å². The number of aliphatic hydroxyl groups excluding tert-OH is 3. The number of thiazole rings is 1. The number of carbonyl (C=O) groups excluding carboxylic acids is 1. The molecule has 10 nitrogen and oxygen atoms in total. The highest BCUT2D eigenvalue weighted by atomic mass is 35.5. The number of ether oxygens (including phenoxy) is 5. The van der Waals surface area contributed by atoms with Crippen LogP contribution >= 0.6 is 22.9 Å². The normalized spacial score (nSPS) is 24.4. The number of halogens is 4. The number of nitrogens with zero attached hydrogens (tertiary/aromatic N) is 1. The number of benzene rings is 1. The van der Waals surface area contributed by atoms with E-state index in [1.54, 1.807) is 0 Å². The van der Waals surface area contributed by atoms with E-state index in [-0.39, 0.29) is 32.0 Å². The van der Waals surface area contributed by atoms with Gasteiger partial charge in [0.2, 0.25) is 0 Å². The van der Waals surface area contributed by atoms with Gasteiger partial charge in [-0.05, 0) is 13.0 Å². The van der Waals surface area contributed by atoms with Crippen molar-refractivity contribution in [3.8, 4) is 11.5 Å². The van der Waals surface area contributed by atoms with Gasteiger partial charge in [0.05, 0.1) is 28.6 Å². The second-order valence-electron chi connectivity index (χ2n) is 7.59. The molecule has 0 bridgehead atoms. The topological polar surface area (TPSA) is 137 Å². The molecule has 0 radical (unpaired) electrons. The number of esters is 1. The Balaban J connectivity index is 1.80. The third kappa shape index (κ3) is 6.02. The highest BCUT2D eigenvalue weighted by Crippen LogP contribution is 2.37. The molecule has 36 heavy (non-hydrogen) atoms. The molecule has 200 valence electrons. The minimum absolute atomic E-state index is 0.0683. The number of carbonyl (C=O) groups is 1. The van der Waals surface area contributed by atoms with Gasteiger partial charge in [0, 0.05) is 13.2 Å². The lowest BCUT2D eigenvalue weighted by molar-refractivity contribution is -0.293. The second kappa shape index (κ2) is 11.5. The highest BCUT2D eigenvalue weighted by molar-refractivity contribution is 7.11. The molecule has 2 heterocycles. The Morgan fingerprint density at radius 2 is 1.92 bits per heavy atom. The van der Waals surface area contributed by atoms with Gasteiger partial charge in [0.1, 0.15) is 42.0 Å². The summed E-state index contributed by atoms with van der Waals surface area (Å²) in [6, 6.07) is 2.31. The summed E-state index contributed by atoms with van der Waals surface area (Å²) in [7, 11) is 2.44. The van der Waals surface area contributed by atoms with Gasteiger partial charge >= 0.3 is 12.1 Å². The Morgan fingerprint density at radius 1 is 1.22 bits per heavy atom. The van der Waals surface area contributed by atoms with Crippen LogP contribution in [0.15, 0.2) is 12.1 Å². The first-order valence-corrected chi connectivity index (χ1v) is 11.5. The molecule has 1 aliphatic rings. The quantitative estimate of drug-likeness (QED) is 0.415. The van der Waals surface area contributed by atoms with Crippen LogP contribution in [0.5, 0.6) is 11.5 Å². The van der Waals surface area contributed by atoms with Crippen molar-refractivity contribution in [2.75, 3.05) is 20.8 Å². The summed E-state index contributed by atoms with van der Waals surface area (Å²) in [5.74, 6) is -1.20. The van der Waals surface area contributed by atoms with Crippen molar-refractivity contribution in [1.29, 1.82) is 0 Å². The lowest BCUT2D eigenvalue weighted by Gasteiger charge is -2.40. The van der Waals surface area contributed by atoms with Crippen LogP contribution in [0.1, 0.15) is 25.9 Å². The molecule has 0 saturated carbocycles. The predicted octanol–water partition coefficient (Wildman–Crippen LogP) is 2.32. The summed E-state index contributed by atoms with van der Waals surface area (Å²) in [6.07, 6.45) is -11.8. The van der Waals surface area contributed by atoms with Crippen molar-refractivity contribution in [1.82, 2.24) is 4.98 Å². The summed E-state index contributed by atoms with van der Waals surface area (Å²) in [6.45, 7) is 0.332. The first kappa shape index (κ1) is 28.4. The summed E-state index contributed by atoms with van der Waals surface area (Å²) in [5, 5.41) is 29.8. The Morgan fingerprint density at radius 3 is 2.50 bits per heavy atom. The van der Waals surface area contributed by atoms with Crippen LogP contribution in [0.4, 0.5) is 13.2 Å². The Labute approximate surface area is 212 Å². The summed E-state index contributed by atoms with van der Waals surface area (Å²) in [4.78, 5) is 16.2. The van der Waals surface area contributed by atoms with Crippen molar-refractivity contribution in [3.63, 3.8) is 0 Å². The van der Waals surface area contributed by atoms with E-state index in [0.717, 1.165) is 17.4 Å². The number of hydrogen-bond donors (Lipinski definition) is 3. The minimum atomic E-state index is -4.66. The molecule has 1 fully saturated rings. The van der Waals surface area contributed by atoms with Crippen molar-refractivity contribution >= 4 is 28.9 Å². The van der Waals surface area contributed by atoms with Gasteiger partial charge in [-0.25, -0.2) is 9.78 Å². The molecule has 0 aliphatic carbocycles. The Bertz CT molecular complexity index is 1080. The van der Waals surface area contributed by atoms with E-state index in [0.29, 0.717) is 0 Å². The number of aliphatic hydroxyl groups is 3. The summed E-state index contributed by atoms with van der Waals surface area (Å²) >= 11 is 7.02. The van der Waals surface area contributed by atoms with Gasteiger partial charge in [-0.15, -0.1) is 11.3 Å². The third-order valence-corrected chi connectivity index (χ3v) is 6.45. The zero-order chi connectivity index (χ0) is 26.8. The van der Waals surface area contributed by atoms with Gasteiger partial charge in [-0.2, -0.15) is 13.2 Å². The van der Waals surface area contributed by atoms with E-state index in [1.807, 2.05) is 0 Å². The van der Waals surface area contributed by atoms with Crippen molar-refractivity contribution in [3.05, 3.63) is 38.3 Å². The Hall–Kier alpha value is -2.20. The van der Waals surface area contributed by atoms with Gasteiger partial charge in [0.25, 0.3) is 0 Å². The lowest BCUT2D eigenvalue weighted by atomic mass is 9.99. The molecule has 1 aliphatic heterocycles. The number of hydrogen-bond acceptors (Lipinski definition) is 11. The summed E-state index contributed by atoms with van der Waals surface area (Å²) < 4.78 is 65.9. The van der Waals surface area contributed by atoms with E-state index in [9.17, 15) is 33.3 Å². The molecule has 15 heteroatoms. The molecule has 1 saturated heterocycles. The van der Waals surface area contributed by atoms with E-state index in [4.69, 9.17) is 35.3 Å².